The third-order valence-electron chi connectivity index (χ3n) is 3.51. The molecule has 1 rings (SSSR count). The summed E-state index contributed by atoms with van der Waals surface area (Å²) in [5, 5.41) is 13.5. The van der Waals surface area contributed by atoms with Gasteiger partial charge in [-0.1, -0.05) is 38.1 Å². The molecule has 0 spiro atoms. The number of hydrogen-bond donors (Lipinski definition) is 2. The maximum Gasteiger partial charge on any atom is 0.0914 e. The fourth-order valence-electron chi connectivity index (χ4n) is 2.22. The molecule has 0 heterocycles. The van der Waals surface area contributed by atoms with Gasteiger partial charge >= 0.3 is 0 Å². The van der Waals surface area contributed by atoms with E-state index in [1.54, 1.807) is 6.26 Å². The van der Waals surface area contributed by atoms with Crippen LogP contribution in [0.15, 0.2) is 24.3 Å². The third-order valence-corrected chi connectivity index (χ3v) is 4.32. The molecule has 0 aliphatic carbocycles. The van der Waals surface area contributed by atoms with Gasteiger partial charge in [0, 0.05) is 35.4 Å². The molecule has 3 atom stereocenters. The van der Waals surface area contributed by atoms with Crippen LogP contribution in [0.5, 0.6) is 0 Å². The molecular weight excluding hydrogens is 282 g/mol. The van der Waals surface area contributed by atoms with Crippen LogP contribution in [-0.4, -0.2) is 33.9 Å². The lowest BCUT2D eigenvalue weighted by Gasteiger charge is -2.17. The number of hydrogen-bond acceptors (Lipinski definition) is 3. The molecule has 0 fully saturated rings. The van der Waals surface area contributed by atoms with E-state index in [-0.39, 0.29) is 6.04 Å². The second kappa shape index (κ2) is 9.34. The standard InChI is InChI=1S/C17H29NO2S/c1-13(2)11-15-5-7-16(8-6-15)17(19)12-18-14(3)9-10-21(4)20/h5-8,13-14,17-19H,9-12H2,1-4H3. The molecule has 0 saturated carbocycles. The van der Waals surface area contributed by atoms with E-state index in [0.29, 0.717) is 18.2 Å². The molecule has 0 radical (unpaired) electrons. The largest absolute Gasteiger partial charge is 0.387 e. The smallest absolute Gasteiger partial charge is 0.0914 e. The average Bonchev–Trinajstić information content (AvgIpc) is 2.42. The van der Waals surface area contributed by atoms with Crippen molar-refractivity contribution in [3.05, 3.63) is 35.4 Å². The van der Waals surface area contributed by atoms with Gasteiger partial charge in [-0.3, -0.25) is 4.21 Å². The maximum absolute atomic E-state index is 11.0. The molecule has 0 aliphatic rings. The molecular formula is C17H29NO2S. The Morgan fingerprint density at radius 1 is 1.19 bits per heavy atom. The molecule has 0 bridgehead atoms. The van der Waals surface area contributed by atoms with Crippen molar-refractivity contribution in [2.75, 3.05) is 18.6 Å². The van der Waals surface area contributed by atoms with Gasteiger partial charge in [-0.15, -0.1) is 0 Å². The van der Waals surface area contributed by atoms with Crippen LogP contribution < -0.4 is 5.32 Å². The van der Waals surface area contributed by atoms with Gasteiger partial charge < -0.3 is 10.4 Å². The van der Waals surface area contributed by atoms with Gasteiger partial charge in [0.25, 0.3) is 0 Å². The fraction of sp³-hybridized carbons (Fsp3) is 0.647. The Balaban J connectivity index is 2.41. The van der Waals surface area contributed by atoms with E-state index in [1.165, 1.54) is 5.56 Å². The second-order valence-electron chi connectivity index (χ2n) is 6.23. The Labute approximate surface area is 131 Å². The van der Waals surface area contributed by atoms with E-state index in [1.807, 2.05) is 12.1 Å². The van der Waals surface area contributed by atoms with Crippen molar-refractivity contribution in [2.45, 2.75) is 45.8 Å². The molecule has 3 nitrogen and oxygen atoms in total. The van der Waals surface area contributed by atoms with Crippen molar-refractivity contribution in [3.63, 3.8) is 0 Å². The van der Waals surface area contributed by atoms with Crippen molar-refractivity contribution in [1.82, 2.24) is 5.32 Å². The van der Waals surface area contributed by atoms with Crippen LogP contribution in [-0.2, 0) is 17.2 Å². The Morgan fingerprint density at radius 3 is 2.33 bits per heavy atom. The lowest BCUT2D eigenvalue weighted by Crippen LogP contribution is -2.31. The monoisotopic (exact) mass is 311 g/mol. The van der Waals surface area contributed by atoms with Crippen LogP contribution in [0.4, 0.5) is 0 Å². The predicted molar refractivity (Wildman–Crippen MR) is 91.0 cm³/mol. The summed E-state index contributed by atoms with van der Waals surface area (Å²) in [6.45, 7) is 7.00. The Morgan fingerprint density at radius 2 is 1.81 bits per heavy atom. The van der Waals surface area contributed by atoms with Crippen LogP contribution in [0.2, 0.25) is 0 Å². The van der Waals surface area contributed by atoms with Gasteiger partial charge in [-0.05, 0) is 36.8 Å². The summed E-state index contributed by atoms with van der Waals surface area (Å²) < 4.78 is 11.0. The van der Waals surface area contributed by atoms with Crippen LogP contribution in [0.25, 0.3) is 0 Å². The predicted octanol–water partition coefficient (Wildman–Crippen LogP) is 2.67. The Bertz CT molecular complexity index is 431. The minimum atomic E-state index is -0.747. The Hall–Kier alpha value is -0.710. The average molecular weight is 311 g/mol. The molecule has 3 unspecified atom stereocenters. The number of aliphatic hydroxyl groups is 1. The van der Waals surface area contributed by atoms with Crippen LogP contribution in [0, 0.1) is 5.92 Å². The van der Waals surface area contributed by atoms with Gasteiger partial charge in [-0.2, -0.15) is 0 Å². The van der Waals surface area contributed by atoms with Gasteiger partial charge in [0.05, 0.1) is 6.10 Å². The van der Waals surface area contributed by atoms with Crippen LogP contribution in [0.3, 0.4) is 0 Å². The molecule has 0 aromatic heterocycles. The second-order valence-corrected chi connectivity index (χ2v) is 7.79. The molecule has 2 N–H and O–H groups in total. The molecule has 0 aliphatic heterocycles. The molecule has 120 valence electrons. The number of nitrogens with one attached hydrogen (secondary N) is 1. The van der Waals surface area contributed by atoms with Gasteiger partial charge in [-0.25, -0.2) is 0 Å². The van der Waals surface area contributed by atoms with E-state index >= 15 is 0 Å². The van der Waals surface area contributed by atoms with E-state index in [2.05, 4.69) is 38.2 Å². The van der Waals surface area contributed by atoms with Crippen molar-refractivity contribution in [2.24, 2.45) is 5.92 Å². The summed E-state index contributed by atoms with van der Waals surface area (Å²) >= 11 is 0. The van der Waals surface area contributed by atoms with Crippen molar-refractivity contribution >= 4 is 10.8 Å². The van der Waals surface area contributed by atoms with Crippen LogP contribution >= 0.6 is 0 Å². The summed E-state index contributed by atoms with van der Waals surface area (Å²) in [7, 11) is -0.747. The summed E-state index contributed by atoms with van der Waals surface area (Å²) in [6.07, 6.45) is 3.16. The zero-order chi connectivity index (χ0) is 15.8. The molecule has 1 aromatic carbocycles. The zero-order valence-electron chi connectivity index (χ0n) is 13.6. The molecule has 1 aromatic rings. The van der Waals surface area contributed by atoms with E-state index in [0.717, 1.165) is 18.4 Å². The van der Waals surface area contributed by atoms with E-state index in [4.69, 9.17) is 0 Å². The van der Waals surface area contributed by atoms with Crippen molar-refractivity contribution in [3.8, 4) is 0 Å². The lowest BCUT2D eigenvalue weighted by atomic mass is 10.00. The first-order valence-electron chi connectivity index (χ1n) is 7.68. The number of aliphatic hydroxyl groups excluding tert-OH is 1. The highest BCUT2D eigenvalue weighted by atomic mass is 32.2. The SMILES string of the molecule is CC(C)Cc1ccc(C(O)CNC(C)CCS(C)=O)cc1. The summed E-state index contributed by atoms with van der Waals surface area (Å²) in [6, 6.07) is 8.49. The van der Waals surface area contributed by atoms with E-state index < -0.39 is 16.9 Å². The van der Waals surface area contributed by atoms with Gasteiger partial charge in [0.15, 0.2) is 0 Å². The third kappa shape index (κ3) is 7.74. The lowest BCUT2D eigenvalue weighted by molar-refractivity contribution is 0.170. The highest BCUT2D eigenvalue weighted by molar-refractivity contribution is 7.84. The first kappa shape index (κ1) is 18.3. The summed E-state index contributed by atoms with van der Waals surface area (Å²) in [5.41, 5.74) is 2.26. The quantitative estimate of drug-likeness (QED) is 0.737. The highest BCUT2D eigenvalue weighted by Gasteiger charge is 2.10. The molecule has 21 heavy (non-hydrogen) atoms. The minimum absolute atomic E-state index is 0.267. The maximum atomic E-state index is 11.0. The first-order valence-corrected chi connectivity index (χ1v) is 9.41. The highest BCUT2D eigenvalue weighted by Crippen LogP contribution is 2.15. The van der Waals surface area contributed by atoms with Crippen molar-refractivity contribution < 1.29 is 9.32 Å². The Kier molecular flexibility index (Phi) is 8.15. The number of benzene rings is 1. The topological polar surface area (TPSA) is 49.3 Å². The number of rotatable bonds is 9. The summed E-state index contributed by atoms with van der Waals surface area (Å²) in [4.78, 5) is 0. The van der Waals surface area contributed by atoms with Crippen LogP contribution in [0.1, 0.15) is 44.4 Å². The first-order chi connectivity index (χ1) is 9.88. The normalized spacial score (nSPS) is 15.9. The minimum Gasteiger partial charge on any atom is -0.387 e. The fourth-order valence-corrected chi connectivity index (χ4v) is 2.91. The van der Waals surface area contributed by atoms with Gasteiger partial charge in [0.2, 0.25) is 0 Å². The zero-order valence-corrected chi connectivity index (χ0v) is 14.5. The van der Waals surface area contributed by atoms with E-state index in [9.17, 15) is 9.32 Å². The molecule has 4 heteroatoms. The molecule has 0 saturated heterocycles. The van der Waals surface area contributed by atoms with Crippen molar-refractivity contribution in [1.29, 1.82) is 0 Å². The summed E-state index contributed by atoms with van der Waals surface area (Å²) in [5.74, 6) is 1.35. The van der Waals surface area contributed by atoms with Gasteiger partial charge in [0.1, 0.15) is 0 Å². The molecule has 0 amide bonds.